The van der Waals surface area contributed by atoms with E-state index in [0.29, 0.717) is 24.4 Å². The highest BCUT2D eigenvalue weighted by atomic mass is 32.2. The predicted octanol–water partition coefficient (Wildman–Crippen LogP) is -0.444. The monoisotopic (exact) mass is 264 g/mol. The van der Waals surface area contributed by atoms with Crippen molar-refractivity contribution in [1.82, 2.24) is 4.90 Å². The summed E-state index contributed by atoms with van der Waals surface area (Å²) in [6.45, 7) is 0.449. The van der Waals surface area contributed by atoms with Gasteiger partial charge in [-0.3, -0.25) is 4.79 Å². The van der Waals surface area contributed by atoms with Crippen LogP contribution in [0.4, 0.5) is 0 Å². The normalized spacial score (nSPS) is 22.9. The van der Waals surface area contributed by atoms with Gasteiger partial charge in [-0.2, -0.15) is 0 Å². The summed E-state index contributed by atoms with van der Waals surface area (Å²) in [6.07, 6.45) is 0.898. The zero-order valence-corrected chi connectivity index (χ0v) is 10.8. The number of sulfone groups is 1. The first-order valence-corrected chi connectivity index (χ1v) is 7.28. The molecular weight excluding hydrogens is 248 g/mol. The van der Waals surface area contributed by atoms with E-state index >= 15 is 0 Å². The third-order valence-corrected chi connectivity index (χ3v) is 4.62. The molecule has 0 aromatic carbocycles. The molecule has 1 saturated heterocycles. The highest BCUT2D eigenvalue weighted by molar-refractivity contribution is 7.91. The molecule has 92 valence electrons. The van der Waals surface area contributed by atoms with Crippen molar-refractivity contribution in [2.24, 2.45) is 11.7 Å². The van der Waals surface area contributed by atoms with Crippen LogP contribution in [-0.4, -0.2) is 49.3 Å². The van der Waals surface area contributed by atoms with Gasteiger partial charge in [-0.25, -0.2) is 8.42 Å². The summed E-state index contributed by atoms with van der Waals surface area (Å²) in [6, 6.07) is 0. The quantitative estimate of drug-likeness (QED) is 0.696. The van der Waals surface area contributed by atoms with E-state index in [9.17, 15) is 13.2 Å². The highest BCUT2D eigenvalue weighted by Gasteiger charge is 2.34. The van der Waals surface area contributed by atoms with Gasteiger partial charge < -0.3 is 10.6 Å². The Morgan fingerprint density at radius 2 is 2.19 bits per heavy atom. The lowest BCUT2D eigenvalue weighted by molar-refractivity contribution is -0.133. The second kappa shape index (κ2) is 5.09. The Hall–Kier alpha value is -0.690. The Morgan fingerprint density at radius 1 is 1.56 bits per heavy atom. The molecule has 1 atom stereocenters. The summed E-state index contributed by atoms with van der Waals surface area (Å²) in [7, 11) is -1.36. The maximum absolute atomic E-state index is 11.8. The van der Waals surface area contributed by atoms with E-state index in [4.69, 9.17) is 18.0 Å². The van der Waals surface area contributed by atoms with Gasteiger partial charge in [-0.05, 0) is 6.42 Å². The molecule has 0 aromatic rings. The Balaban J connectivity index is 2.49. The topological polar surface area (TPSA) is 80.5 Å². The largest absolute Gasteiger partial charge is 0.393 e. The molecule has 0 aliphatic carbocycles. The summed E-state index contributed by atoms with van der Waals surface area (Å²) >= 11 is 4.72. The van der Waals surface area contributed by atoms with E-state index in [1.54, 1.807) is 7.05 Å². The number of nitrogens with two attached hydrogens (primary N) is 1. The van der Waals surface area contributed by atoms with Gasteiger partial charge in [-0.15, -0.1) is 0 Å². The lowest BCUT2D eigenvalue weighted by atomic mass is 10.1. The summed E-state index contributed by atoms with van der Waals surface area (Å²) < 4.78 is 22.4. The Morgan fingerprint density at radius 3 is 2.62 bits per heavy atom. The van der Waals surface area contributed by atoms with Crippen molar-refractivity contribution >= 4 is 33.0 Å². The van der Waals surface area contributed by atoms with Crippen molar-refractivity contribution in [2.45, 2.75) is 12.8 Å². The van der Waals surface area contributed by atoms with Crippen molar-refractivity contribution in [3.8, 4) is 0 Å². The molecule has 1 aliphatic heterocycles. The molecule has 16 heavy (non-hydrogen) atoms. The molecule has 2 N–H and O–H groups in total. The SMILES string of the molecule is CN(CCC(N)=S)C(=O)C1CCS(=O)(=O)C1. The van der Waals surface area contributed by atoms with Crippen LogP contribution < -0.4 is 5.73 Å². The molecule has 1 heterocycles. The molecule has 1 unspecified atom stereocenters. The number of thiocarbonyl (C=S) groups is 1. The van der Waals surface area contributed by atoms with Crippen molar-refractivity contribution in [3.05, 3.63) is 0 Å². The fourth-order valence-corrected chi connectivity index (χ4v) is 3.51. The number of hydrogen-bond acceptors (Lipinski definition) is 4. The van der Waals surface area contributed by atoms with Crippen LogP contribution in [0.3, 0.4) is 0 Å². The Labute approximate surface area is 101 Å². The van der Waals surface area contributed by atoms with E-state index in [1.165, 1.54) is 4.90 Å². The lowest BCUT2D eigenvalue weighted by Gasteiger charge is -2.19. The molecule has 7 heteroatoms. The van der Waals surface area contributed by atoms with E-state index in [0.717, 1.165) is 0 Å². The van der Waals surface area contributed by atoms with Gasteiger partial charge in [0.25, 0.3) is 0 Å². The van der Waals surface area contributed by atoms with Gasteiger partial charge in [0, 0.05) is 20.0 Å². The van der Waals surface area contributed by atoms with Crippen LogP contribution in [0, 0.1) is 5.92 Å². The first-order valence-electron chi connectivity index (χ1n) is 5.05. The van der Waals surface area contributed by atoms with Gasteiger partial charge >= 0.3 is 0 Å². The molecule has 0 bridgehead atoms. The third-order valence-electron chi connectivity index (χ3n) is 2.65. The maximum atomic E-state index is 11.8. The van der Waals surface area contributed by atoms with Gasteiger partial charge in [0.2, 0.25) is 5.91 Å². The number of amides is 1. The van der Waals surface area contributed by atoms with Crippen LogP contribution in [0.1, 0.15) is 12.8 Å². The molecule has 1 aliphatic rings. The summed E-state index contributed by atoms with van der Waals surface area (Å²) in [5, 5.41) is 0. The van der Waals surface area contributed by atoms with Gasteiger partial charge in [0.1, 0.15) is 0 Å². The van der Waals surface area contributed by atoms with Crippen molar-refractivity contribution < 1.29 is 13.2 Å². The predicted molar refractivity (Wildman–Crippen MR) is 65.8 cm³/mol. The second-order valence-electron chi connectivity index (χ2n) is 4.08. The molecule has 1 fully saturated rings. The van der Waals surface area contributed by atoms with Crippen molar-refractivity contribution in [2.75, 3.05) is 25.1 Å². The average molecular weight is 264 g/mol. The molecule has 0 spiro atoms. The van der Waals surface area contributed by atoms with E-state index in [2.05, 4.69) is 0 Å². The number of rotatable bonds is 4. The Kier molecular flexibility index (Phi) is 4.26. The number of carbonyl (C=O) groups excluding carboxylic acids is 1. The summed E-state index contributed by atoms with van der Waals surface area (Å²) in [5.41, 5.74) is 5.34. The molecule has 1 amide bonds. The van der Waals surface area contributed by atoms with Crippen molar-refractivity contribution in [1.29, 1.82) is 0 Å². The van der Waals surface area contributed by atoms with Gasteiger partial charge in [0.05, 0.1) is 22.4 Å². The van der Waals surface area contributed by atoms with Crippen LogP contribution in [0.15, 0.2) is 0 Å². The fourth-order valence-electron chi connectivity index (χ4n) is 1.69. The smallest absolute Gasteiger partial charge is 0.226 e. The lowest BCUT2D eigenvalue weighted by Crippen LogP contribution is -2.35. The molecule has 0 radical (unpaired) electrons. The summed E-state index contributed by atoms with van der Waals surface area (Å²) in [4.78, 5) is 13.7. The number of carbonyl (C=O) groups is 1. The minimum Gasteiger partial charge on any atom is -0.393 e. The summed E-state index contributed by atoms with van der Waals surface area (Å²) in [5.74, 6) is -0.422. The molecule has 5 nitrogen and oxygen atoms in total. The first kappa shape index (κ1) is 13.4. The minimum absolute atomic E-state index is 0.0246. The zero-order chi connectivity index (χ0) is 12.3. The second-order valence-corrected chi connectivity index (χ2v) is 6.83. The third kappa shape index (κ3) is 3.71. The fraction of sp³-hybridized carbons (Fsp3) is 0.778. The average Bonchev–Trinajstić information content (AvgIpc) is 2.54. The van der Waals surface area contributed by atoms with Crippen LogP contribution in [-0.2, 0) is 14.6 Å². The van der Waals surface area contributed by atoms with Gasteiger partial charge in [-0.1, -0.05) is 12.2 Å². The maximum Gasteiger partial charge on any atom is 0.226 e. The van der Waals surface area contributed by atoms with Crippen LogP contribution in [0.5, 0.6) is 0 Å². The Bertz CT molecular complexity index is 392. The highest BCUT2D eigenvalue weighted by Crippen LogP contribution is 2.20. The molecular formula is C9H16N2O3S2. The zero-order valence-electron chi connectivity index (χ0n) is 9.18. The van der Waals surface area contributed by atoms with Gasteiger partial charge in [0.15, 0.2) is 9.84 Å². The first-order chi connectivity index (χ1) is 7.32. The van der Waals surface area contributed by atoms with Crippen LogP contribution in [0.2, 0.25) is 0 Å². The van der Waals surface area contributed by atoms with E-state index < -0.39 is 9.84 Å². The number of nitrogens with zero attached hydrogens (tertiary/aromatic N) is 1. The van der Waals surface area contributed by atoms with Crippen LogP contribution in [0.25, 0.3) is 0 Å². The standard InChI is InChI=1S/C9H16N2O3S2/c1-11(4-2-8(10)15)9(12)7-3-5-16(13,14)6-7/h7H,2-6H2,1H3,(H2,10,15). The van der Waals surface area contributed by atoms with Crippen molar-refractivity contribution in [3.63, 3.8) is 0 Å². The van der Waals surface area contributed by atoms with Crippen LogP contribution >= 0.6 is 12.2 Å². The number of hydrogen-bond donors (Lipinski definition) is 1. The van der Waals surface area contributed by atoms with E-state index in [-0.39, 0.29) is 23.3 Å². The molecule has 0 saturated carbocycles. The van der Waals surface area contributed by atoms with E-state index in [1.807, 2.05) is 0 Å². The molecule has 1 rings (SSSR count). The molecule has 0 aromatic heterocycles. The minimum atomic E-state index is -3.00.